The van der Waals surface area contributed by atoms with E-state index in [1.807, 2.05) is 18.2 Å². The molecule has 0 saturated heterocycles. The summed E-state index contributed by atoms with van der Waals surface area (Å²) in [6.07, 6.45) is 1.17. The van der Waals surface area contributed by atoms with Gasteiger partial charge in [-0.05, 0) is 40.8 Å². The number of methoxy groups -OCH3 is 1. The molecule has 0 bridgehead atoms. The molecule has 0 aromatic heterocycles. The van der Waals surface area contributed by atoms with E-state index in [2.05, 4.69) is 26.1 Å². The first kappa shape index (κ1) is 20.0. The van der Waals surface area contributed by atoms with Gasteiger partial charge in [-0.15, -0.1) is 0 Å². The highest BCUT2D eigenvalue weighted by Gasteiger charge is 2.17. The first-order chi connectivity index (χ1) is 12.0. The molecule has 140 valence electrons. The summed E-state index contributed by atoms with van der Waals surface area (Å²) in [4.78, 5) is 12.6. The molecular formula is C20H25NO4S. The Morgan fingerprint density at radius 3 is 2.38 bits per heavy atom. The van der Waals surface area contributed by atoms with Crippen molar-refractivity contribution >= 4 is 21.4 Å². The summed E-state index contributed by atoms with van der Waals surface area (Å²) in [5.74, 6) is 0.153. The number of ether oxygens (including phenoxy) is 1. The minimum Gasteiger partial charge on any atom is -0.495 e. The van der Waals surface area contributed by atoms with E-state index in [4.69, 9.17) is 4.74 Å². The zero-order valence-electron chi connectivity index (χ0n) is 15.8. The van der Waals surface area contributed by atoms with Crippen molar-refractivity contribution in [2.75, 3.05) is 18.7 Å². The molecule has 0 aliphatic heterocycles. The van der Waals surface area contributed by atoms with Crippen LogP contribution in [0, 0.1) is 0 Å². The van der Waals surface area contributed by atoms with Crippen LogP contribution < -0.4 is 10.1 Å². The van der Waals surface area contributed by atoms with Crippen molar-refractivity contribution < 1.29 is 17.9 Å². The summed E-state index contributed by atoms with van der Waals surface area (Å²) < 4.78 is 28.3. The molecule has 0 unspecified atom stereocenters. The normalized spacial score (nSPS) is 11.9. The predicted molar refractivity (Wildman–Crippen MR) is 105 cm³/mol. The molecule has 2 aromatic rings. The number of hydrogen-bond acceptors (Lipinski definition) is 4. The predicted octanol–water partition coefficient (Wildman–Crippen LogP) is 3.79. The lowest BCUT2D eigenvalue weighted by Crippen LogP contribution is -2.16. The lowest BCUT2D eigenvalue weighted by molar-refractivity contribution is 0.102. The van der Waals surface area contributed by atoms with Crippen LogP contribution in [0.15, 0.2) is 42.5 Å². The van der Waals surface area contributed by atoms with Crippen LogP contribution in [0.2, 0.25) is 0 Å². The number of sulfone groups is 1. The number of benzene rings is 2. The number of anilines is 1. The maximum absolute atomic E-state index is 12.6. The Morgan fingerprint density at radius 1 is 1.12 bits per heavy atom. The van der Waals surface area contributed by atoms with Crippen molar-refractivity contribution in [2.45, 2.75) is 31.9 Å². The van der Waals surface area contributed by atoms with Crippen molar-refractivity contribution in [3.63, 3.8) is 0 Å². The molecule has 2 rings (SSSR count). The molecule has 0 heterocycles. The third-order valence-corrected chi connectivity index (χ3v) is 4.79. The molecule has 5 nitrogen and oxygen atoms in total. The zero-order chi connectivity index (χ0) is 19.5. The molecule has 6 heteroatoms. The van der Waals surface area contributed by atoms with Gasteiger partial charge in [0.25, 0.3) is 5.91 Å². The number of carbonyl (C=O) groups excluding carboxylic acids is 1. The average molecular weight is 375 g/mol. The van der Waals surface area contributed by atoms with Crippen LogP contribution in [-0.2, 0) is 21.0 Å². The SMILES string of the molecule is COc1ccc(C(C)(C)C)cc1NC(=O)c1cccc(CS(C)(=O)=O)c1. The fourth-order valence-corrected chi connectivity index (χ4v) is 3.36. The lowest BCUT2D eigenvalue weighted by Gasteiger charge is -2.21. The van der Waals surface area contributed by atoms with Crippen LogP contribution in [0.4, 0.5) is 5.69 Å². The van der Waals surface area contributed by atoms with Gasteiger partial charge in [0.2, 0.25) is 0 Å². The van der Waals surface area contributed by atoms with Crippen molar-refractivity contribution in [1.82, 2.24) is 0 Å². The van der Waals surface area contributed by atoms with Gasteiger partial charge < -0.3 is 10.1 Å². The standard InChI is InChI=1S/C20H25NO4S/c1-20(2,3)16-9-10-18(25-4)17(12-16)21-19(22)15-8-6-7-14(11-15)13-26(5,23)24/h6-12H,13H2,1-5H3,(H,21,22). The minimum absolute atomic E-state index is 0.0683. The van der Waals surface area contributed by atoms with Gasteiger partial charge >= 0.3 is 0 Å². The Balaban J connectivity index is 2.31. The summed E-state index contributed by atoms with van der Waals surface area (Å²) >= 11 is 0. The maximum atomic E-state index is 12.6. The molecule has 0 fully saturated rings. The van der Waals surface area contributed by atoms with Crippen LogP contribution in [0.1, 0.15) is 42.3 Å². The third kappa shape index (κ3) is 5.33. The summed E-state index contributed by atoms with van der Waals surface area (Å²) in [7, 11) is -1.61. The smallest absolute Gasteiger partial charge is 0.255 e. The molecule has 1 amide bonds. The zero-order valence-corrected chi connectivity index (χ0v) is 16.6. The van der Waals surface area contributed by atoms with Crippen LogP contribution in [0.3, 0.4) is 0 Å². The number of nitrogens with one attached hydrogen (secondary N) is 1. The Kier molecular flexibility index (Phi) is 5.76. The van der Waals surface area contributed by atoms with Gasteiger partial charge in [-0.1, -0.05) is 39.0 Å². The molecule has 0 aliphatic rings. The van der Waals surface area contributed by atoms with E-state index < -0.39 is 9.84 Å². The number of rotatable bonds is 5. The lowest BCUT2D eigenvalue weighted by atomic mass is 9.87. The number of carbonyl (C=O) groups is 1. The fraction of sp³-hybridized carbons (Fsp3) is 0.350. The highest BCUT2D eigenvalue weighted by atomic mass is 32.2. The van der Waals surface area contributed by atoms with Gasteiger partial charge in [0.15, 0.2) is 9.84 Å². The summed E-state index contributed by atoms with van der Waals surface area (Å²) in [5, 5.41) is 2.87. The molecule has 0 spiro atoms. The van der Waals surface area contributed by atoms with Gasteiger partial charge in [0.1, 0.15) is 5.75 Å². The summed E-state index contributed by atoms with van der Waals surface area (Å²) in [6.45, 7) is 6.28. The second kappa shape index (κ2) is 7.50. The fourth-order valence-electron chi connectivity index (χ4n) is 2.57. The number of amides is 1. The molecule has 2 aromatic carbocycles. The Morgan fingerprint density at radius 2 is 1.81 bits per heavy atom. The number of hydrogen-bond donors (Lipinski definition) is 1. The summed E-state index contributed by atoms with van der Waals surface area (Å²) in [6, 6.07) is 12.3. The average Bonchev–Trinajstić information content (AvgIpc) is 2.52. The van der Waals surface area contributed by atoms with E-state index in [1.165, 1.54) is 6.26 Å². The Labute approximate surface area is 155 Å². The first-order valence-electron chi connectivity index (χ1n) is 8.26. The molecule has 0 atom stereocenters. The van der Waals surface area contributed by atoms with E-state index >= 15 is 0 Å². The van der Waals surface area contributed by atoms with Crippen LogP contribution in [0.5, 0.6) is 5.75 Å². The Bertz CT molecular complexity index is 912. The minimum atomic E-state index is -3.16. The molecule has 0 aliphatic carbocycles. The molecule has 1 N–H and O–H groups in total. The molecular weight excluding hydrogens is 350 g/mol. The van der Waals surface area contributed by atoms with Crippen molar-refractivity contribution in [3.05, 3.63) is 59.2 Å². The second-order valence-electron chi connectivity index (χ2n) is 7.39. The first-order valence-corrected chi connectivity index (χ1v) is 10.3. The van der Waals surface area contributed by atoms with Gasteiger partial charge in [0.05, 0.1) is 18.6 Å². The quantitative estimate of drug-likeness (QED) is 0.863. The van der Waals surface area contributed by atoms with Crippen LogP contribution in [-0.4, -0.2) is 27.7 Å². The van der Waals surface area contributed by atoms with E-state index in [0.29, 0.717) is 22.6 Å². The monoisotopic (exact) mass is 375 g/mol. The molecule has 26 heavy (non-hydrogen) atoms. The highest BCUT2D eigenvalue weighted by molar-refractivity contribution is 7.89. The van der Waals surface area contributed by atoms with E-state index in [-0.39, 0.29) is 17.1 Å². The highest BCUT2D eigenvalue weighted by Crippen LogP contribution is 2.31. The van der Waals surface area contributed by atoms with E-state index in [0.717, 1.165) is 5.56 Å². The van der Waals surface area contributed by atoms with Crippen LogP contribution >= 0.6 is 0 Å². The summed E-state index contributed by atoms with van der Waals surface area (Å²) in [5.41, 5.74) is 2.56. The van der Waals surface area contributed by atoms with Crippen molar-refractivity contribution in [2.24, 2.45) is 0 Å². The Hall–Kier alpha value is -2.34. The van der Waals surface area contributed by atoms with Crippen molar-refractivity contribution in [1.29, 1.82) is 0 Å². The maximum Gasteiger partial charge on any atom is 0.255 e. The molecule has 0 radical (unpaired) electrons. The van der Waals surface area contributed by atoms with Gasteiger partial charge in [-0.2, -0.15) is 0 Å². The topological polar surface area (TPSA) is 72.5 Å². The van der Waals surface area contributed by atoms with Crippen LogP contribution in [0.25, 0.3) is 0 Å². The van der Waals surface area contributed by atoms with E-state index in [9.17, 15) is 13.2 Å². The molecule has 0 saturated carbocycles. The van der Waals surface area contributed by atoms with Crippen molar-refractivity contribution in [3.8, 4) is 5.75 Å². The second-order valence-corrected chi connectivity index (χ2v) is 9.53. The largest absolute Gasteiger partial charge is 0.495 e. The van der Waals surface area contributed by atoms with Gasteiger partial charge in [-0.3, -0.25) is 4.79 Å². The third-order valence-electron chi connectivity index (χ3n) is 3.93. The van der Waals surface area contributed by atoms with Gasteiger partial charge in [-0.25, -0.2) is 8.42 Å². The van der Waals surface area contributed by atoms with E-state index in [1.54, 1.807) is 31.4 Å². The van der Waals surface area contributed by atoms with Gasteiger partial charge in [0, 0.05) is 11.8 Å².